The van der Waals surface area contributed by atoms with Gasteiger partial charge in [0.2, 0.25) is 0 Å². The van der Waals surface area contributed by atoms with E-state index in [0.717, 1.165) is 5.56 Å². The molecule has 0 heterocycles. The van der Waals surface area contributed by atoms with E-state index in [0.29, 0.717) is 17.0 Å². The van der Waals surface area contributed by atoms with Crippen LogP contribution in [0, 0.1) is 24.1 Å². The van der Waals surface area contributed by atoms with Crippen LogP contribution in [0.5, 0.6) is 5.75 Å². The van der Waals surface area contributed by atoms with Crippen LogP contribution in [0.1, 0.15) is 11.1 Å². The predicted molar refractivity (Wildman–Crippen MR) is 120 cm³/mol. The lowest BCUT2D eigenvalue weighted by molar-refractivity contribution is -0.118. The van der Waals surface area contributed by atoms with Crippen molar-refractivity contribution in [2.45, 2.75) is 6.92 Å². The van der Waals surface area contributed by atoms with Crippen LogP contribution in [0.25, 0.3) is 6.08 Å². The molecule has 0 aliphatic carbocycles. The van der Waals surface area contributed by atoms with Gasteiger partial charge in [0, 0.05) is 5.69 Å². The summed E-state index contributed by atoms with van der Waals surface area (Å²) < 4.78 is 19.0. The number of carbonyl (C=O) groups excluding carboxylic acids is 2. The summed E-state index contributed by atoms with van der Waals surface area (Å²) in [7, 11) is 0. The summed E-state index contributed by atoms with van der Waals surface area (Å²) >= 11 is 0. The Bertz CT molecular complexity index is 1200. The summed E-state index contributed by atoms with van der Waals surface area (Å²) in [6.07, 6.45) is 1.46. The van der Waals surface area contributed by atoms with E-state index in [4.69, 9.17) is 4.74 Å². The first-order valence-corrected chi connectivity index (χ1v) is 9.72. The fourth-order valence-corrected chi connectivity index (χ4v) is 2.78. The summed E-state index contributed by atoms with van der Waals surface area (Å²) in [6, 6.07) is 21.6. The fraction of sp³-hybridized carbons (Fsp3) is 0.0800. The van der Waals surface area contributed by atoms with Crippen LogP contribution in [0.3, 0.4) is 0 Å². The molecule has 0 aliphatic heterocycles. The Balaban J connectivity index is 1.59. The second-order valence-corrected chi connectivity index (χ2v) is 6.82. The molecule has 2 N–H and O–H groups in total. The molecule has 0 aliphatic rings. The molecule has 3 rings (SSSR count). The van der Waals surface area contributed by atoms with E-state index in [1.165, 1.54) is 24.3 Å². The molecule has 6 nitrogen and oxygen atoms in total. The molecule has 3 aromatic carbocycles. The molecule has 160 valence electrons. The van der Waals surface area contributed by atoms with Crippen LogP contribution in [-0.4, -0.2) is 18.4 Å². The minimum absolute atomic E-state index is 0.0498. The lowest BCUT2D eigenvalue weighted by Gasteiger charge is -2.09. The highest BCUT2D eigenvalue weighted by atomic mass is 19.1. The lowest BCUT2D eigenvalue weighted by Crippen LogP contribution is -2.20. The van der Waals surface area contributed by atoms with Crippen LogP contribution in [0.15, 0.2) is 78.4 Å². The average Bonchev–Trinajstić information content (AvgIpc) is 2.80. The van der Waals surface area contributed by atoms with Crippen molar-refractivity contribution < 1.29 is 18.7 Å². The maximum atomic E-state index is 13.6. The Kier molecular flexibility index (Phi) is 7.33. The summed E-state index contributed by atoms with van der Waals surface area (Å²) in [5.41, 5.74) is 2.17. The number of anilines is 2. The third-order valence-electron chi connectivity index (χ3n) is 4.47. The minimum atomic E-state index is -0.531. The monoisotopic (exact) mass is 429 g/mol. The van der Waals surface area contributed by atoms with Crippen LogP contribution < -0.4 is 15.4 Å². The van der Waals surface area contributed by atoms with Gasteiger partial charge in [-0.15, -0.1) is 0 Å². The van der Waals surface area contributed by atoms with E-state index in [1.807, 2.05) is 25.1 Å². The highest BCUT2D eigenvalue weighted by Crippen LogP contribution is 2.18. The smallest absolute Gasteiger partial charge is 0.266 e. The number of carbonyl (C=O) groups is 2. The molecule has 0 unspecified atom stereocenters. The van der Waals surface area contributed by atoms with Crippen molar-refractivity contribution in [3.05, 3.63) is 95.3 Å². The van der Waals surface area contributed by atoms with E-state index in [2.05, 4.69) is 10.6 Å². The van der Waals surface area contributed by atoms with Gasteiger partial charge in [-0.25, -0.2) is 4.39 Å². The third-order valence-corrected chi connectivity index (χ3v) is 4.47. The van der Waals surface area contributed by atoms with Gasteiger partial charge in [0.05, 0.1) is 5.69 Å². The van der Waals surface area contributed by atoms with E-state index >= 15 is 0 Å². The first kappa shape index (κ1) is 22.2. The summed E-state index contributed by atoms with van der Waals surface area (Å²) in [5, 5.41) is 14.5. The van der Waals surface area contributed by atoms with Gasteiger partial charge in [0.25, 0.3) is 11.8 Å². The van der Waals surface area contributed by atoms with E-state index in [9.17, 15) is 19.2 Å². The molecule has 0 atom stereocenters. The normalized spacial score (nSPS) is 10.7. The highest BCUT2D eigenvalue weighted by Gasteiger charge is 2.11. The number of nitrogens with zero attached hydrogens (tertiary/aromatic N) is 1. The van der Waals surface area contributed by atoms with E-state index in [-0.39, 0.29) is 17.9 Å². The number of ether oxygens (including phenoxy) is 1. The summed E-state index contributed by atoms with van der Waals surface area (Å²) in [5.74, 6) is -1.13. The van der Waals surface area contributed by atoms with Gasteiger partial charge < -0.3 is 15.4 Å². The van der Waals surface area contributed by atoms with Crippen molar-refractivity contribution in [3.8, 4) is 11.8 Å². The summed E-state index contributed by atoms with van der Waals surface area (Å²) in [4.78, 5) is 24.4. The first-order chi connectivity index (χ1) is 15.5. The molecule has 0 fully saturated rings. The molecule has 7 heteroatoms. The number of rotatable bonds is 7. The van der Waals surface area contributed by atoms with Gasteiger partial charge in [-0.1, -0.05) is 42.5 Å². The molecule has 0 saturated carbocycles. The molecule has 0 spiro atoms. The second-order valence-electron chi connectivity index (χ2n) is 6.82. The number of nitrogens with one attached hydrogen (secondary N) is 2. The van der Waals surface area contributed by atoms with Crippen LogP contribution >= 0.6 is 0 Å². The van der Waals surface area contributed by atoms with E-state index < -0.39 is 17.6 Å². The Morgan fingerprint density at radius 3 is 2.28 bits per heavy atom. The number of hydrogen-bond donors (Lipinski definition) is 2. The van der Waals surface area contributed by atoms with Crippen molar-refractivity contribution in [2.75, 3.05) is 17.2 Å². The van der Waals surface area contributed by atoms with Crippen LogP contribution in [-0.2, 0) is 9.59 Å². The zero-order chi connectivity index (χ0) is 22.9. The number of hydrogen-bond acceptors (Lipinski definition) is 4. The Labute approximate surface area is 185 Å². The molecule has 2 amide bonds. The Hall–Kier alpha value is -4.44. The number of benzene rings is 3. The number of halogens is 1. The molecular formula is C25H20FN3O3. The maximum absolute atomic E-state index is 13.6. The van der Waals surface area contributed by atoms with E-state index in [1.54, 1.807) is 42.5 Å². The zero-order valence-corrected chi connectivity index (χ0v) is 17.3. The van der Waals surface area contributed by atoms with Gasteiger partial charge in [-0.2, -0.15) is 5.26 Å². The van der Waals surface area contributed by atoms with Crippen molar-refractivity contribution in [1.29, 1.82) is 5.26 Å². The van der Waals surface area contributed by atoms with Gasteiger partial charge in [-0.05, 0) is 54.5 Å². The maximum Gasteiger partial charge on any atom is 0.266 e. The molecule has 3 aromatic rings. The average molecular weight is 429 g/mol. The minimum Gasteiger partial charge on any atom is -0.484 e. The topological polar surface area (TPSA) is 91.2 Å². The SMILES string of the molecule is Cc1ccccc1NC(=O)/C(C#N)=C\c1ccc(OCC(=O)Nc2ccccc2F)cc1. The first-order valence-electron chi connectivity index (χ1n) is 9.72. The van der Waals surface area contributed by atoms with Gasteiger partial charge in [0.1, 0.15) is 23.2 Å². The largest absolute Gasteiger partial charge is 0.484 e. The highest BCUT2D eigenvalue weighted by molar-refractivity contribution is 6.09. The van der Waals surface area contributed by atoms with Crippen molar-refractivity contribution in [3.63, 3.8) is 0 Å². The number of amides is 2. The molecule has 32 heavy (non-hydrogen) atoms. The molecule has 0 saturated heterocycles. The third kappa shape index (κ3) is 6.03. The van der Waals surface area contributed by atoms with Gasteiger partial charge in [-0.3, -0.25) is 9.59 Å². The number of para-hydroxylation sites is 2. The zero-order valence-electron chi connectivity index (χ0n) is 17.3. The molecular weight excluding hydrogens is 409 g/mol. The van der Waals surface area contributed by atoms with Gasteiger partial charge >= 0.3 is 0 Å². The standard InChI is InChI=1S/C25H20FN3O3/c1-17-6-2-4-8-22(17)29-25(31)19(15-27)14-18-10-12-20(13-11-18)32-16-24(30)28-23-9-5-3-7-21(23)26/h2-14H,16H2,1H3,(H,28,30)(H,29,31)/b19-14-. The van der Waals surface area contributed by atoms with Crippen molar-refractivity contribution in [2.24, 2.45) is 0 Å². The fourth-order valence-electron chi connectivity index (χ4n) is 2.78. The molecule has 0 radical (unpaired) electrons. The number of aryl methyl sites for hydroxylation is 1. The Morgan fingerprint density at radius 1 is 0.969 bits per heavy atom. The number of nitriles is 1. The quantitative estimate of drug-likeness (QED) is 0.421. The van der Waals surface area contributed by atoms with Gasteiger partial charge in [0.15, 0.2) is 6.61 Å². The van der Waals surface area contributed by atoms with Crippen LogP contribution in [0.4, 0.5) is 15.8 Å². The Morgan fingerprint density at radius 2 is 1.62 bits per heavy atom. The second kappa shape index (κ2) is 10.5. The molecule has 0 aromatic heterocycles. The molecule has 0 bridgehead atoms. The lowest BCUT2D eigenvalue weighted by atomic mass is 10.1. The van der Waals surface area contributed by atoms with Crippen molar-refractivity contribution in [1.82, 2.24) is 0 Å². The van der Waals surface area contributed by atoms with Crippen molar-refractivity contribution >= 4 is 29.3 Å². The van der Waals surface area contributed by atoms with Crippen LogP contribution in [0.2, 0.25) is 0 Å². The summed E-state index contributed by atoms with van der Waals surface area (Å²) in [6.45, 7) is 1.56. The predicted octanol–water partition coefficient (Wildman–Crippen LogP) is 4.70.